The van der Waals surface area contributed by atoms with E-state index >= 15 is 0 Å². The Morgan fingerprint density at radius 2 is 2.00 bits per heavy atom. The van der Waals surface area contributed by atoms with Crippen LogP contribution in [0.2, 0.25) is 0 Å². The van der Waals surface area contributed by atoms with Gasteiger partial charge in [0.25, 0.3) is 0 Å². The molecule has 0 aliphatic heterocycles. The van der Waals surface area contributed by atoms with Crippen LogP contribution in [0, 0.1) is 5.92 Å². The molecule has 0 radical (unpaired) electrons. The van der Waals surface area contributed by atoms with E-state index in [0.717, 1.165) is 25.9 Å². The van der Waals surface area contributed by atoms with Gasteiger partial charge in [0.05, 0.1) is 5.75 Å². The number of halogens is 1. The van der Waals surface area contributed by atoms with Crippen LogP contribution >= 0.6 is 11.6 Å². The predicted molar refractivity (Wildman–Crippen MR) is 67.4 cm³/mol. The van der Waals surface area contributed by atoms with E-state index in [1.165, 1.54) is 0 Å². The van der Waals surface area contributed by atoms with Crippen LogP contribution in [0.1, 0.15) is 26.2 Å². The van der Waals surface area contributed by atoms with Crippen LogP contribution in [0.3, 0.4) is 0 Å². The first kappa shape index (κ1) is 16.2. The van der Waals surface area contributed by atoms with Gasteiger partial charge in [0, 0.05) is 26.1 Å². The normalized spacial score (nSPS) is 13.9. The van der Waals surface area contributed by atoms with Crippen LogP contribution in [-0.4, -0.2) is 40.3 Å². The Morgan fingerprint density at radius 3 is 2.56 bits per heavy atom. The Balaban J connectivity index is 3.59. The topological polar surface area (TPSA) is 55.4 Å². The van der Waals surface area contributed by atoms with E-state index in [4.69, 9.17) is 16.3 Å². The highest BCUT2D eigenvalue weighted by Gasteiger charge is 2.13. The Kier molecular flexibility index (Phi) is 9.31. The minimum absolute atomic E-state index is 0.00680. The summed E-state index contributed by atoms with van der Waals surface area (Å²) in [4.78, 5) is 0. The van der Waals surface area contributed by atoms with E-state index in [-0.39, 0.29) is 11.7 Å². The number of unbranched alkanes of at least 4 members (excludes halogenated alkanes) is 2. The quantitative estimate of drug-likeness (QED) is 0.485. The Bertz CT molecular complexity index is 257. The molecule has 1 unspecified atom stereocenters. The van der Waals surface area contributed by atoms with Crippen molar-refractivity contribution in [3.63, 3.8) is 0 Å². The molecule has 16 heavy (non-hydrogen) atoms. The summed E-state index contributed by atoms with van der Waals surface area (Å²) in [5.74, 6) is 0.469. The highest BCUT2D eigenvalue weighted by Crippen LogP contribution is 2.02. The van der Waals surface area contributed by atoms with Crippen molar-refractivity contribution in [3.8, 4) is 0 Å². The monoisotopic (exact) mass is 271 g/mol. The fraction of sp³-hybridized carbons (Fsp3) is 1.00. The van der Waals surface area contributed by atoms with Crippen LogP contribution in [0.5, 0.6) is 0 Å². The number of alkyl halides is 1. The molecule has 0 saturated heterocycles. The van der Waals surface area contributed by atoms with Gasteiger partial charge in [-0.05, 0) is 25.2 Å². The van der Waals surface area contributed by atoms with Gasteiger partial charge in [0.1, 0.15) is 0 Å². The second kappa shape index (κ2) is 9.22. The molecule has 0 aliphatic carbocycles. The number of ether oxygens (including phenoxy) is 1. The van der Waals surface area contributed by atoms with Gasteiger partial charge in [-0.1, -0.05) is 6.92 Å². The standard InChI is InChI=1S/C10H22ClNO3S/c1-10(8-11)9-16(13,14)12-6-4-3-5-7-15-2/h10,12H,3-9H2,1-2H3. The molecule has 1 N–H and O–H groups in total. The van der Waals surface area contributed by atoms with Crippen LogP contribution in [0.15, 0.2) is 0 Å². The van der Waals surface area contributed by atoms with Crippen molar-refractivity contribution in [3.05, 3.63) is 0 Å². The maximum absolute atomic E-state index is 11.5. The van der Waals surface area contributed by atoms with Crippen molar-refractivity contribution >= 4 is 21.6 Å². The number of nitrogens with one attached hydrogen (secondary N) is 1. The average Bonchev–Trinajstić information content (AvgIpc) is 2.22. The molecule has 1 atom stereocenters. The summed E-state index contributed by atoms with van der Waals surface area (Å²) in [5.41, 5.74) is 0. The molecule has 4 nitrogen and oxygen atoms in total. The van der Waals surface area contributed by atoms with Crippen LogP contribution in [-0.2, 0) is 14.8 Å². The summed E-state index contributed by atoms with van der Waals surface area (Å²) >= 11 is 5.57. The summed E-state index contributed by atoms with van der Waals surface area (Å²) in [5, 5.41) is 0. The van der Waals surface area contributed by atoms with Gasteiger partial charge < -0.3 is 4.74 Å². The van der Waals surface area contributed by atoms with Crippen molar-refractivity contribution in [1.29, 1.82) is 0 Å². The first-order valence-corrected chi connectivity index (χ1v) is 7.72. The SMILES string of the molecule is COCCCCCNS(=O)(=O)CC(C)CCl. The minimum atomic E-state index is -3.15. The number of hydrogen-bond donors (Lipinski definition) is 1. The fourth-order valence-corrected chi connectivity index (χ4v) is 2.93. The lowest BCUT2D eigenvalue weighted by Crippen LogP contribution is -2.30. The first-order valence-electron chi connectivity index (χ1n) is 5.54. The second-order valence-corrected chi connectivity index (χ2v) is 6.15. The zero-order valence-electron chi connectivity index (χ0n) is 10.0. The van der Waals surface area contributed by atoms with Gasteiger partial charge in [0.2, 0.25) is 10.0 Å². The van der Waals surface area contributed by atoms with Gasteiger partial charge in [-0.2, -0.15) is 0 Å². The van der Waals surface area contributed by atoms with Crippen molar-refractivity contribution in [2.24, 2.45) is 5.92 Å². The molecule has 0 aromatic heterocycles. The number of rotatable bonds is 10. The van der Waals surface area contributed by atoms with Crippen molar-refractivity contribution < 1.29 is 13.2 Å². The van der Waals surface area contributed by atoms with Gasteiger partial charge in [0.15, 0.2) is 0 Å². The molecular weight excluding hydrogens is 250 g/mol. The third-order valence-corrected chi connectivity index (χ3v) is 4.29. The van der Waals surface area contributed by atoms with Crippen LogP contribution < -0.4 is 4.72 Å². The molecule has 0 rings (SSSR count). The number of sulfonamides is 1. The lowest BCUT2D eigenvalue weighted by molar-refractivity contribution is 0.192. The fourth-order valence-electron chi connectivity index (χ4n) is 1.25. The predicted octanol–water partition coefficient (Wildman–Crippen LogP) is 1.60. The third kappa shape index (κ3) is 9.39. The van der Waals surface area contributed by atoms with E-state index in [2.05, 4.69) is 4.72 Å². The van der Waals surface area contributed by atoms with Crippen molar-refractivity contribution in [2.45, 2.75) is 26.2 Å². The number of methoxy groups -OCH3 is 1. The van der Waals surface area contributed by atoms with E-state index in [1.54, 1.807) is 7.11 Å². The zero-order valence-corrected chi connectivity index (χ0v) is 11.6. The van der Waals surface area contributed by atoms with Gasteiger partial charge in [-0.25, -0.2) is 13.1 Å². The molecule has 0 fully saturated rings. The lowest BCUT2D eigenvalue weighted by Gasteiger charge is -2.09. The molecule has 0 amide bonds. The summed E-state index contributed by atoms with van der Waals surface area (Å²) in [7, 11) is -1.49. The van der Waals surface area contributed by atoms with E-state index in [0.29, 0.717) is 12.4 Å². The van der Waals surface area contributed by atoms with E-state index in [1.807, 2.05) is 6.92 Å². The largest absolute Gasteiger partial charge is 0.385 e. The van der Waals surface area contributed by atoms with E-state index < -0.39 is 10.0 Å². The average molecular weight is 272 g/mol. The lowest BCUT2D eigenvalue weighted by atomic mass is 10.2. The van der Waals surface area contributed by atoms with Crippen LogP contribution in [0.25, 0.3) is 0 Å². The number of hydrogen-bond acceptors (Lipinski definition) is 3. The first-order chi connectivity index (χ1) is 7.52. The third-order valence-electron chi connectivity index (χ3n) is 2.11. The summed E-state index contributed by atoms with van der Waals surface area (Å²) < 4.78 is 30.5. The molecule has 98 valence electrons. The maximum Gasteiger partial charge on any atom is 0.211 e. The smallest absolute Gasteiger partial charge is 0.211 e. The zero-order chi connectivity index (χ0) is 12.4. The summed E-state index contributed by atoms with van der Waals surface area (Å²) in [6.45, 7) is 3.06. The van der Waals surface area contributed by atoms with Gasteiger partial charge in [-0.3, -0.25) is 0 Å². The molecule has 0 heterocycles. The molecule has 0 aliphatic rings. The maximum atomic E-state index is 11.5. The van der Waals surface area contributed by atoms with Crippen molar-refractivity contribution in [2.75, 3.05) is 31.9 Å². The molecule has 0 saturated carbocycles. The molecule has 6 heteroatoms. The van der Waals surface area contributed by atoms with E-state index in [9.17, 15) is 8.42 Å². The molecule has 0 spiro atoms. The molecular formula is C10H22ClNO3S. The Morgan fingerprint density at radius 1 is 1.31 bits per heavy atom. The highest BCUT2D eigenvalue weighted by molar-refractivity contribution is 7.89. The van der Waals surface area contributed by atoms with Gasteiger partial charge >= 0.3 is 0 Å². The molecule has 0 aromatic carbocycles. The van der Waals surface area contributed by atoms with Crippen molar-refractivity contribution in [1.82, 2.24) is 4.72 Å². The highest BCUT2D eigenvalue weighted by atomic mass is 35.5. The van der Waals surface area contributed by atoms with Gasteiger partial charge in [-0.15, -0.1) is 11.6 Å². The minimum Gasteiger partial charge on any atom is -0.385 e. The van der Waals surface area contributed by atoms with Crippen LogP contribution in [0.4, 0.5) is 0 Å². The second-order valence-electron chi connectivity index (χ2n) is 3.99. The molecule has 0 bridgehead atoms. The Hall–Kier alpha value is 0.160. The molecule has 0 aromatic rings. The summed E-state index contributed by atoms with van der Waals surface area (Å²) in [6.07, 6.45) is 2.79. The summed E-state index contributed by atoms with van der Waals surface area (Å²) in [6, 6.07) is 0. The Labute approximate surface area is 104 Å².